The molecule has 0 spiro atoms. The van der Waals surface area contributed by atoms with Gasteiger partial charge in [-0.2, -0.15) is 0 Å². The molecule has 4 heteroatoms. The molecule has 0 aliphatic heterocycles. The van der Waals surface area contributed by atoms with Crippen LogP contribution < -0.4 is 0 Å². The van der Waals surface area contributed by atoms with Gasteiger partial charge in [-0.3, -0.25) is 0 Å². The number of aryl methyl sites for hydroxylation is 1. The molecule has 0 bridgehead atoms. The van der Waals surface area contributed by atoms with Crippen molar-refractivity contribution in [2.75, 3.05) is 0 Å². The largest absolute Gasteiger partial charge is 0.464 e. The van der Waals surface area contributed by atoms with E-state index < -0.39 is 0 Å². The van der Waals surface area contributed by atoms with E-state index in [4.69, 9.17) is 16.0 Å². The summed E-state index contributed by atoms with van der Waals surface area (Å²) in [6.07, 6.45) is 1.65. The van der Waals surface area contributed by atoms with Crippen LogP contribution >= 0.6 is 22.9 Å². The lowest BCUT2D eigenvalue weighted by Gasteiger charge is -2.00. The van der Waals surface area contributed by atoms with Gasteiger partial charge in [0.05, 0.1) is 26.5 Å². The van der Waals surface area contributed by atoms with Crippen LogP contribution in [-0.4, -0.2) is 4.98 Å². The average Bonchev–Trinajstić information content (AvgIpc) is 2.86. The zero-order valence-electron chi connectivity index (χ0n) is 8.53. The van der Waals surface area contributed by atoms with E-state index in [-0.39, 0.29) is 0 Å². The molecule has 0 saturated heterocycles. The van der Waals surface area contributed by atoms with Crippen molar-refractivity contribution in [3.05, 3.63) is 40.6 Å². The molecule has 16 heavy (non-hydrogen) atoms. The molecule has 80 valence electrons. The lowest BCUT2D eigenvalue weighted by Crippen LogP contribution is -1.77. The lowest BCUT2D eigenvalue weighted by atomic mass is 10.1. The third-order valence-electron chi connectivity index (χ3n) is 2.39. The summed E-state index contributed by atoms with van der Waals surface area (Å²) in [6.45, 7) is 1.98. The summed E-state index contributed by atoms with van der Waals surface area (Å²) in [6, 6.07) is 7.68. The molecular weight excluding hydrogens is 242 g/mol. The Hall–Kier alpha value is -1.32. The highest BCUT2D eigenvalue weighted by molar-refractivity contribution is 7.19. The molecule has 0 atom stereocenters. The fraction of sp³-hybridized carbons (Fsp3) is 0.0833. The molecule has 0 saturated carbocycles. The number of aromatic nitrogens is 1. The van der Waals surface area contributed by atoms with E-state index in [2.05, 4.69) is 4.98 Å². The Bertz CT molecular complexity index is 642. The van der Waals surface area contributed by atoms with Crippen molar-refractivity contribution >= 4 is 33.2 Å². The number of fused-ring (bicyclic) bond motifs is 1. The Morgan fingerprint density at radius 1 is 1.31 bits per heavy atom. The van der Waals surface area contributed by atoms with Gasteiger partial charge in [0.2, 0.25) is 0 Å². The van der Waals surface area contributed by atoms with E-state index in [0.29, 0.717) is 0 Å². The molecule has 2 nitrogen and oxygen atoms in total. The molecule has 0 fully saturated rings. The first kappa shape index (κ1) is 9.87. The van der Waals surface area contributed by atoms with Crippen molar-refractivity contribution in [1.82, 2.24) is 4.98 Å². The SMILES string of the molecule is Cc1nc2ccc(-c3ccco3)c(Cl)c2s1. The van der Waals surface area contributed by atoms with Gasteiger partial charge in [-0.05, 0) is 31.2 Å². The maximum atomic E-state index is 6.36. The second-order valence-corrected chi connectivity index (χ2v) is 5.07. The molecule has 0 unspecified atom stereocenters. The molecule has 0 N–H and O–H groups in total. The summed E-state index contributed by atoms with van der Waals surface area (Å²) in [7, 11) is 0. The van der Waals surface area contributed by atoms with Crippen molar-refractivity contribution in [2.45, 2.75) is 6.92 Å². The molecule has 2 heterocycles. The second-order valence-electron chi connectivity index (χ2n) is 3.49. The zero-order chi connectivity index (χ0) is 11.1. The van der Waals surface area contributed by atoms with Crippen LogP contribution in [-0.2, 0) is 0 Å². The summed E-state index contributed by atoms with van der Waals surface area (Å²) in [4.78, 5) is 4.40. The minimum absolute atomic E-state index is 0.720. The van der Waals surface area contributed by atoms with E-state index in [1.54, 1.807) is 17.6 Å². The zero-order valence-corrected chi connectivity index (χ0v) is 10.1. The van der Waals surface area contributed by atoms with Crippen molar-refractivity contribution in [2.24, 2.45) is 0 Å². The van der Waals surface area contributed by atoms with Crippen LogP contribution in [0, 0.1) is 6.92 Å². The van der Waals surface area contributed by atoms with Gasteiger partial charge >= 0.3 is 0 Å². The van der Waals surface area contributed by atoms with Gasteiger partial charge in [0, 0.05) is 5.56 Å². The number of thiazole rings is 1. The first-order valence-corrected chi connectivity index (χ1v) is 6.04. The number of hydrogen-bond donors (Lipinski definition) is 0. The van der Waals surface area contributed by atoms with Crippen LogP contribution in [0.25, 0.3) is 21.5 Å². The van der Waals surface area contributed by atoms with E-state index in [0.717, 1.165) is 31.6 Å². The van der Waals surface area contributed by atoms with Crippen LogP contribution in [0.1, 0.15) is 5.01 Å². The molecule has 0 aliphatic rings. The third kappa shape index (κ3) is 1.44. The normalized spacial score (nSPS) is 11.1. The van der Waals surface area contributed by atoms with E-state index in [9.17, 15) is 0 Å². The highest BCUT2D eigenvalue weighted by Gasteiger charge is 2.12. The molecule has 2 aromatic heterocycles. The van der Waals surface area contributed by atoms with Gasteiger partial charge < -0.3 is 4.42 Å². The molecule has 1 aromatic carbocycles. The van der Waals surface area contributed by atoms with Crippen molar-refractivity contribution in [1.29, 1.82) is 0 Å². The predicted octanol–water partition coefficient (Wildman–Crippen LogP) is 4.52. The van der Waals surface area contributed by atoms with E-state index in [1.165, 1.54) is 0 Å². The minimum atomic E-state index is 0.720. The summed E-state index contributed by atoms with van der Waals surface area (Å²) in [5.74, 6) is 0.790. The number of halogens is 1. The summed E-state index contributed by atoms with van der Waals surface area (Å²) < 4.78 is 6.38. The van der Waals surface area contributed by atoms with Gasteiger partial charge in [-0.1, -0.05) is 11.6 Å². The van der Waals surface area contributed by atoms with Crippen molar-refractivity contribution < 1.29 is 4.42 Å². The lowest BCUT2D eigenvalue weighted by molar-refractivity contribution is 0.582. The molecule has 3 rings (SSSR count). The van der Waals surface area contributed by atoms with Gasteiger partial charge in [-0.15, -0.1) is 11.3 Å². The van der Waals surface area contributed by atoms with Crippen LogP contribution in [0.5, 0.6) is 0 Å². The van der Waals surface area contributed by atoms with E-state index >= 15 is 0 Å². The van der Waals surface area contributed by atoms with Gasteiger partial charge in [0.1, 0.15) is 5.76 Å². The van der Waals surface area contributed by atoms with Crippen LogP contribution in [0.3, 0.4) is 0 Å². The predicted molar refractivity (Wildman–Crippen MR) is 67.1 cm³/mol. The first-order chi connectivity index (χ1) is 7.75. The standard InChI is InChI=1S/C12H8ClNOS/c1-7-14-9-5-4-8(10-3-2-6-15-10)11(13)12(9)16-7/h2-6H,1H3. The maximum absolute atomic E-state index is 6.36. The maximum Gasteiger partial charge on any atom is 0.135 e. The topological polar surface area (TPSA) is 26.0 Å². The number of hydrogen-bond acceptors (Lipinski definition) is 3. The monoisotopic (exact) mass is 249 g/mol. The smallest absolute Gasteiger partial charge is 0.135 e. The average molecular weight is 250 g/mol. The fourth-order valence-electron chi connectivity index (χ4n) is 1.69. The number of furan rings is 1. The highest BCUT2D eigenvalue weighted by Crippen LogP contribution is 2.37. The third-order valence-corrected chi connectivity index (χ3v) is 3.90. The Labute approximate surface area is 101 Å². The molecule has 0 amide bonds. The quantitative estimate of drug-likeness (QED) is 0.634. The number of rotatable bonds is 1. The van der Waals surface area contributed by atoms with Crippen molar-refractivity contribution in [3.8, 4) is 11.3 Å². The number of benzene rings is 1. The number of nitrogens with zero attached hydrogens (tertiary/aromatic N) is 1. The summed E-state index contributed by atoms with van der Waals surface area (Å²) in [5.41, 5.74) is 1.87. The van der Waals surface area contributed by atoms with Gasteiger partial charge in [-0.25, -0.2) is 4.98 Å². The minimum Gasteiger partial charge on any atom is -0.464 e. The molecule has 0 aliphatic carbocycles. The molecule has 0 radical (unpaired) electrons. The molecular formula is C12H8ClNOS. The van der Waals surface area contributed by atoms with Crippen molar-refractivity contribution in [3.63, 3.8) is 0 Å². The summed E-state index contributed by atoms with van der Waals surface area (Å²) in [5, 5.41) is 1.74. The van der Waals surface area contributed by atoms with Gasteiger partial charge in [0.15, 0.2) is 0 Å². The first-order valence-electron chi connectivity index (χ1n) is 4.85. The second kappa shape index (κ2) is 3.61. The Balaban J connectivity index is 2.31. The Morgan fingerprint density at radius 2 is 2.19 bits per heavy atom. The molecule has 3 aromatic rings. The Morgan fingerprint density at radius 3 is 2.94 bits per heavy atom. The fourth-order valence-corrected chi connectivity index (χ4v) is 2.92. The van der Waals surface area contributed by atoms with Crippen LogP contribution in [0.2, 0.25) is 5.02 Å². The summed E-state index contributed by atoms with van der Waals surface area (Å²) >= 11 is 7.96. The Kier molecular flexibility index (Phi) is 2.23. The van der Waals surface area contributed by atoms with Crippen LogP contribution in [0.4, 0.5) is 0 Å². The van der Waals surface area contributed by atoms with Gasteiger partial charge in [0.25, 0.3) is 0 Å². The highest BCUT2D eigenvalue weighted by atomic mass is 35.5. The van der Waals surface area contributed by atoms with Crippen LogP contribution in [0.15, 0.2) is 34.9 Å². The van der Waals surface area contributed by atoms with E-state index in [1.807, 2.05) is 31.2 Å².